The summed E-state index contributed by atoms with van der Waals surface area (Å²) in [6, 6.07) is 6.85. The van der Waals surface area contributed by atoms with Crippen LogP contribution in [0.5, 0.6) is 0 Å². The van der Waals surface area contributed by atoms with Crippen LogP contribution in [0.4, 0.5) is 5.69 Å². The van der Waals surface area contributed by atoms with E-state index in [0.717, 1.165) is 4.90 Å². The number of nitrogens with one attached hydrogen (secondary N) is 1. The first-order chi connectivity index (χ1) is 11.2. The van der Waals surface area contributed by atoms with Crippen molar-refractivity contribution in [2.24, 2.45) is 16.7 Å². The van der Waals surface area contributed by atoms with Crippen molar-refractivity contribution >= 4 is 35.0 Å². The fraction of sp³-hybridized carbons (Fsp3) is 0.500. The lowest BCUT2D eigenvalue weighted by Gasteiger charge is -2.47. The number of amides is 3. The number of hydrogen-bond donors (Lipinski definition) is 1. The third-order valence-electron chi connectivity index (χ3n) is 5.96. The zero-order valence-corrected chi connectivity index (χ0v) is 14.8. The Morgan fingerprint density at radius 1 is 1.29 bits per heavy atom. The molecule has 3 rings (SSSR count). The van der Waals surface area contributed by atoms with E-state index >= 15 is 0 Å². The molecule has 2 fully saturated rings. The summed E-state index contributed by atoms with van der Waals surface area (Å²) in [7, 11) is 0. The quantitative estimate of drug-likeness (QED) is 0.853. The molecule has 1 N–H and O–H groups in total. The molecule has 1 aliphatic heterocycles. The second-order valence-corrected chi connectivity index (χ2v) is 7.81. The van der Waals surface area contributed by atoms with E-state index in [2.05, 4.69) is 5.32 Å². The van der Waals surface area contributed by atoms with Crippen LogP contribution in [0.2, 0.25) is 5.02 Å². The van der Waals surface area contributed by atoms with Gasteiger partial charge in [0.1, 0.15) is 6.54 Å². The lowest BCUT2D eigenvalue weighted by Crippen LogP contribution is -2.60. The molecule has 1 saturated heterocycles. The predicted octanol–water partition coefficient (Wildman–Crippen LogP) is 3.09. The van der Waals surface area contributed by atoms with Crippen LogP contribution in [-0.4, -0.2) is 29.2 Å². The van der Waals surface area contributed by atoms with Gasteiger partial charge in [-0.05, 0) is 30.4 Å². The number of rotatable bonds is 3. The van der Waals surface area contributed by atoms with Crippen molar-refractivity contribution in [1.82, 2.24) is 4.90 Å². The maximum absolute atomic E-state index is 12.9. The first-order valence-electron chi connectivity index (χ1n) is 8.08. The van der Waals surface area contributed by atoms with Crippen LogP contribution in [0.25, 0.3) is 0 Å². The summed E-state index contributed by atoms with van der Waals surface area (Å²) in [5.74, 6) is -1.13. The molecular weight excluding hydrogens is 328 g/mol. The molecule has 2 aliphatic rings. The number of halogens is 1. The number of nitrogens with zero attached hydrogens (tertiary/aromatic N) is 1. The largest absolute Gasteiger partial charge is 0.323 e. The summed E-state index contributed by atoms with van der Waals surface area (Å²) < 4.78 is 0. The highest BCUT2D eigenvalue weighted by Gasteiger charge is 2.64. The van der Waals surface area contributed by atoms with Gasteiger partial charge in [-0.15, -0.1) is 0 Å². The van der Waals surface area contributed by atoms with Crippen molar-refractivity contribution < 1.29 is 14.4 Å². The second kappa shape index (κ2) is 5.59. The van der Waals surface area contributed by atoms with Gasteiger partial charge in [0.05, 0.1) is 16.1 Å². The SMILES string of the molecule is CC12CCC(C(=O)N(CC(=O)Nc3ccccc3Cl)C1=O)C2(C)C. The van der Waals surface area contributed by atoms with Gasteiger partial charge in [-0.25, -0.2) is 0 Å². The summed E-state index contributed by atoms with van der Waals surface area (Å²) >= 11 is 6.02. The average molecular weight is 349 g/mol. The fourth-order valence-electron chi connectivity index (χ4n) is 3.95. The van der Waals surface area contributed by atoms with Gasteiger partial charge in [0.25, 0.3) is 0 Å². The monoisotopic (exact) mass is 348 g/mol. The molecule has 1 heterocycles. The van der Waals surface area contributed by atoms with Gasteiger partial charge in [-0.3, -0.25) is 19.3 Å². The number of carbonyl (C=O) groups is 3. The minimum absolute atomic E-state index is 0.215. The van der Waals surface area contributed by atoms with E-state index in [9.17, 15) is 14.4 Å². The highest BCUT2D eigenvalue weighted by Crippen LogP contribution is 2.59. The molecule has 1 aromatic rings. The van der Waals surface area contributed by atoms with Crippen LogP contribution in [0.1, 0.15) is 33.6 Å². The first kappa shape index (κ1) is 17.0. The normalized spacial score (nSPS) is 28.2. The molecule has 0 spiro atoms. The Balaban J connectivity index is 1.79. The first-order valence-corrected chi connectivity index (χ1v) is 8.46. The van der Waals surface area contributed by atoms with Gasteiger partial charge in [-0.2, -0.15) is 0 Å². The van der Waals surface area contributed by atoms with E-state index in [0.29, 0.717) is 23.6 Å². The standard InChI is InChI=1S/C18H21ClN2O3/c1-17(2)11-8-9-18(17,3)16(24)21(15(11)23)10-14(22)20-13-7-5-4-6-12(13)19/h4-7,11H,8-10H2,1-3H3,(H,20,22). The van der Waals surface area contributed by atoms with Gasteiger partial charge in [0.15, 0.2) is 0 Å². The Labute approximate surface area is 146 Å². The Kier molecular flexibility index (Phi) is 3.95. The number of para-hydroxylation sites is 1. The number of likely N-dealkylation sites (tertiary alicyclic amines) is 1. The van der Waals surface area contributed by atoms with Crippen LogP contribution in [0, 0.1) is 16.7 Å². The topological polar surface area (TPSA) is 66.5 Å². The molecule has 1 aliphatic carbocycles. The Morgan fingerprint density at radius 2 is 1.96 bits per heavy atom. The van der Waals surface area contributed by atoms with Crippen molar-refractivity contribution in [1.29, 1.82) is 0 Å². The fourth-order valence-corrected chi connectivity index (χ4v) is 4.13. The number of imide groups is 1. The molecule has 0 radical (unpaired) electrons. The molecule has 2 unspecified atom stereocenters. The summed E-state index contributed by atoms with van der Waals surface area (Å²) in [6.07, 6.45) is 1.37. The Bertz CT molecular complexity index is 731. The van der Waals surface area contributed by atoms with Gasteiger partial charge in [-0.1, -0.05) is 44.5 Å². The van der Waals surface area contributed by atoms with E-state index in [1.54, 1.807) is 24.3 Å². The zero-order valence-electron chi connectivity index (χ0n) is 14.1. The van der Waals surface area contributed by atoms with Crippen molar-refractivity contribution in [2.75, 3.05) is 11.9 Å². The lowest BCUT2D eigenvalue weighted by atomic mass is 9.62. The highest BCUT2D eigenvalue weighted by atomic mass is 35.5. The van der Waals surface area contributed by atoms with Crippen LogP contribution in [-0.2, 0) is 14.4 Å². The molecule has 3 amide bonds. The second-order valence-electron chi connectivity index (χ2n) is 7.40. The smallest absolute Gasteiger partial charge is 0.244 e. The van der Waals surface area contributed by atoms with Crippen molar-refractivity contribution in [3.05, 3.63) is 29.3 Å². The predicted molar refractivity (Wildman–Crippen MR) is 91.4 cm³/mol. The minimum atomic E-state index is -0.601. The number of carbonyl (C=O) groups excluding carboxylic acids is 3. The third-order valence-corrected chi connectivity index (χ3v) is 6.29. The van der Waals surface area contributed by atoms with Gasteiger partial charge in [0, 0.05) is 5.92 Å². The van der Waals surface area contributed by atoms with Crippen molar-refractivity contribution in [3.8, 4) is 0 Å². The summed E-state index contributed by atoms with van der Waals surface area (Å²) in [6.45, 7) is 5.58. The number of benzene rings is 1. The van der Waals surface area contributed by atoms with Gasteiger partial charge >= 0.3 is 0 Å². The molecule has 2 atom stereocenters. The van der Waals surface area contributed by atoms with E-state index in [1.807, 2.05) is 20.8 Å². The molecule has 2 bridgehead atoms. The lowest BCUT2D eigenvalue weighted by molar-refractivity contribution is -0.168. The van der Waals surface area contributed by atoms with E-state index in [1.165, 1.54) is 0 Å². The summed E-state index contributed by atoms with van der Waals surface area (Å²) in [5, 5.41) is 3.08. The zero-order chi connectivity index (χ0) is 17.7. The molecule has 0 aromatic heterocycles. The maximum atomic E-state index is 12.9. The Hall–Kier alpha value is -1.88. The molecule has 6 heteroatoms. The third kappa shape index (κ3) is 2.34. The number of piperidine rings is 1. The number of hydrogen-bond acceptors (Lipinski definition) is 3. The molecular formula is C18H21ClN2O3. The number of anilines is 1. The van der Waals surface area contributed by atoms with Gasteiger partial charge in [0.2, 0.25) is 17.7 Å². The average Bonchev–Trinajstić information content (AvgIpc) is 2.71. The van der Waals surface area contributed by atoms with Crippen molar-refractivity contribution in [2.45, 2.75) is 33.6 Å². The summed E-state index contributed by atoms with van der Waals surface area (Å²) in [5.41, 5.74) is -0.511. The molecule has 1 saturated carbocycles. The van der Waals surface area contributed by atoms with Crippen LogP contribution < -0.4 is 5.32 Å². The number of fused-ring (bicyclic) bond motifs is 2. The van der Waals surface area contributed by atoms with Crippen LogP contribution in [0.15, 0.2) is 24.3 Å². The Morgan fingerprint density at radius 3 is 2.62 bits per heavy atom. The van der Waals surface area contributed by atoms with E-state index in [-0.39, 0.29) is 29.7 Å². The molecule has 128 valence electrons. The van der Waals surface area contributed by atoms with E-state index in [4.69, 9.17) is 11.6 Å². The molecule has 5 nitrogen and oxygen atoms in total. The maximum Gasteiger partial charge on any atom is 0.244 e. The van der Waals surface area contributed by atoms with E-state index < -0.39 is 11.3 Å². The van der Waals surface area contributed by atoms with Crippen LogP contribution in [0.3, 0.4) is 0 Å². The molecule has 24 heavy (non-hydrogen) atoms. The van der Waals surface area contributed by atoms with Crippen molar-refractivity contribution in [3.63, 3.8) is 0 Å². The minimum Gasteiger partial charge on any atom is -0.323 e. The van der Waals surface area contributed by atoms with Crippen LogP contribution >= 0.6 is 11.6 Å². The molecule has 1 aromatic carbocycles. The summed E-state index contributed by atoms with van der Waals surface area (Å²) in [4.78, 5) is 39.0. The highest BCUT2D eigenvalue weighted by molar-refractivity contribution is 6.33. The van der Waals surface area contributed by atoms with Gasteiger partial charge < -0.3 is 5.32 Å².